The van der Waals surface area contributed by atoms with Gasteiger partial charge in [-0.25, -0.2) is 0 Å². The molecular weight excluding hydrogens is 250 g/mol. The summed E-state index contributed by atoms with van der Waals surface area (Å²) in [6, 6.07) is 3.72. The molecule has 0 amide bonds. The first-order chi connectivity index (χ1) is 8.66. The standard InChI is InChI=1S/C11H15N5OS/c1-8-13-14-10-3-2-9(15-16(8)10)12-6-11(17)4-5-18-7-11/h2-3,17H,4-7H2,1H3,(H,12,15). The maximum Gasteiger partial charge on any atom is 0.178 e. The molecule has 6 nitrogen and oxygen atoms in total. The predicted molar refractivity (Wildman–Crippen MR) is 70.9 cm³/mol. The first-order valence-corrected chi connectivity index (χ1v) is 7.05. The van der Waals surface area contributed by atoms with Crippen molar-refractivity contribution >= 4 is 23.2 Å². The van der Waals surface area contributed by atoms with Crippen LogP contribution in [0.3, 0.4) is 0 Å². The molecule has 0 saturated carbocycles. The summed E-state index contributed by atoms with van der Waals surface area (Å²) in [5, 5.41) is 25.8. The van der Waals surface area contributed by atoms with Gasteiger partial charge < -0.3 is 10.4 Å². The second-order valence-corrected chi connectivity index (χ2v) is 5.72. The van der Waals surface area contributed by atoms with Crippen LogP contribution in [-0.4, -0.2) is 48.6 Å². The molecular formula is C11H15N5OS. The first-order valence-electron chi connectivity index (χ1n) is 5.89. The Bertz CT molecular complexity index is 564. The van der Waals surface area contributed by atoms with Gasteiger partial charge in [-0.2, -0.15) is 16.3 Å². The lowest BCUT2D eigenvalue weighted by Gasteiger charge is -2.21. The van der Waals surface area contributed by atoms with Gasteiger partial charge in [0.2, 0.25) is 0 Å². The Labute approximate surface area is 109 Å². The molecule has 1 fully saturated rings. The molecule has 96 valence electrons. The van der Waals surface area contributed by atoms with E-state index in [0.29, 0.717) is 6.54 Å². The minimum Gasteiger partial charge on any atom is -0.387 e. The van der Waals surface area contributed by atoms with Crippen LogP contribution in [0.4, 0.5) is 5.82 Å². The molecule has 0 aliphatic carbocycles. The van der Waals surface area contributed by atoms with Crippen molar-refractivity contribution in [3.8, 4) is 0 Å². The monoisotopic (exact) mass is 265 g/mol. The van der Waals surface area contributed by atoms with Crippen LogP contribution in [0, 0.1) is 6.92 Å². The number of rotatable bonds is 3. The summed E-state index contributed by atoms with van der Waals surface area (Å²) in [5.41, 5.74) is 0.122. The van der Waals surface area contributed by atoms with Crippen LogP contribution in [0.25, 0.3) is 5.65 Å². The maximum atomic E-state index is 10.2. The Hall–Kier alpha value is -1.34. The summed E-state index contributed by atoms with van der Waals surface area (Å²) < 4.78 is 1.69. The average molecular weight is 265 g/mol. The van der Waals surface area contributed by atoms with E-state index < -0.39 is 5.60 Å². The summed E-state index contributed by atoms with van der Waals surface area (Å²) >= 11 is 1.79. The van der Waals surface area contributed by atoms with Gasteiger partial charge >= 0.3 is 0 Å². The van der Waals surface area contributed by atoms with Gasteiger partial charge in [0.25, 0.3) is 0 Å². The van der Waals surface area contributed by atoms with Gasteiger partial charge in [-0.05, 0) is 31.2 Å². The zero-order valence-corrected chi connectivity index (χ0v) is 10.9. The Morgan fingerprint density at radius 1 is 1.50 bits per heavy atom. The highest BCUT2D eigenvalue weighted by atomic mass is 32.2. The van der Waals surface area contributed by atoms with Crippen molar-refractivity contribution in [2.75, 3.05) is 23.4 Å². The molecule has 0 radical (unpaired) electrons. The summed E-state index contributed by atoms with van der Waals surface area (Å²) in [4.78, 5) is 0. The first kappa shape index (κ1) is 11.7. The van der Waals surface area contributed by atoms with Gasteiger partial charge in [-0.1, -0.05) is 0 Å². The Morgan fingerprint density at radius 3 is 3.17 bits per heavy atom. The van der Waals surface area contributed by atoms with E-state index >= 15 is 0 Å². The van der Waals surface area contributed by atoms with Crippen molar-refractivity contribution in [2.45, 2.75) is 18.9 Å². The van der Waals surface area contributed by atoms with Crippen LogP contribution in [0.5, 0.6) is 0 Å². The number of nitrogens with zero attached hydrogens (tertiary/aromatic N) is 4. The average Bonchev–Trinajstić information content (AvgIpc) is 2.95. The summed E-state index contributed by atoms with van der Waals surface area (Å²) in [7, 11) is 0. The van der Waals surface area contributed by atoms with Gasteiger partial charge in [0.1, 0.15) is 5.82 Å². The highest BCUT2D eigenvalue weighted by Crippen LogP contribution is 2.27. The SMILES string of the molecule is Cc1nnc2ccc(NCC3(O)CCSC3)nn12. The topological polar surface area (TPSA) is 75.3 Å². The van der Waals surface area contributed by atoms with Gasteiger partial charge in [-0.3, -0.25) is 0 Å². The number of aromatic nitrogens is 4. The summed E-state index contributed by atoms with van der Waals surface area (Å²) in [6.45, 7) is 2.39. The van der Waals surface area contributed by atoms with Gasteiger partial charge in [0.05, 0.1) is 5.60 Å². The molecule has 1 unspecified atom stereocenters. The number of hydrogen-bond acceptors (Lipinski definition) is 6. The molecule has 2 N–H and O–H groups in total. The largest absolute Gasteiger partial charge is 0.387 e. The number of anilines is 1. The summed E-state index contributed by atoms with van der Waals surface area (Å²) in [6.07, 6.45) is 0.832. The molecule has 2 aromatic heterocycles. The molecule has 0 bridgehead atoms. The highest BCUT2D eigenvalue weighted by Gasteiger charge is 2.31. The highest BCUT2D eigenvalue weighted by molar-refractivity contribution is 7.99. The van der Waals surface area contributed by atoms with E-state index in [0.717, 1.165) is 35.2 Å². The van der Waals surface area contributed by atoms with Crippen LogP contribution in [0.2, 0.25) is 0 Å². The molecule has 18 heavy (non-hydrogen) atoms. The van der Waals surface area contributed by atoms with Crippen molar-refractivity contribution in [2.24, 2.45) is 0 Å². The second kappa shape index (κ2) is 4.40. The van der Waals surface area contributed by atoms with Crippen molar-refractivity contribution in [1.29, 1.82) is 0 Å². The maximum absolute atomic E-state index is 10.2. The minimum absolute atomic E-state index is 0.527. The van der Waals surface area contributed by atoms with Gasteiger partial charge in [-0.15, -0.1) is 15.3 Å². The van der Waals surface area contributed by atoms with Crippen molar-refractivity contribution in [3.05, 3.63) is 18.0 Å². The molecule has 7 heteroatoms. The lowest BCUT2D eigenvalue weighted by atomic mass is 10.0. The molecule has 3 heterocycles. The lowest BCUT2D eigenvalue weighted by Crippen LogP contribution is -2.36. The van der Waals surface area contributed by atoms with Crippen LogP contribution < -0.4 is 5.32 Å². The van der Waals surface area contributed by atoms with Crippen molar-refractivity contribution in [1.82, 2.24) is 19.8 Å². The number of aryl methyl sites for hydroxylation is 1. The molecule has 1 atom stereocenters. The number of fused-ring (bicyclic) bond motifs is 1. The predicted octanol–water partition coefficient (Wildman–Crippen LogP) is 0.713. The van der Waals surface area contributed by atoms with E-state index in [9.17, 15) is 5.11 Å². The second-order valence-electron chi connectivity index (χ2n) is 4.62. The van der Waals surface area contributed by atoms with Crippen LogP contribution in [-0.2, 0) is 0 Å². The van der Waals surface area contributed by atoms with E-state index in [-0.39, 0.29) is 0 Å². The fourth-order valence-corrected chi connectivity index (χ4v) is 3.28. The molecule has 0 aromatic carbocycles. The zero-order chi connectivity index (χ0) is 12.6. The third-order valence-corrected chi connectivity index (χ3v) is 4.33. The van der Waals surface area contributed by atoms with Crippen LogP contribution in [0.1, 0.15) is 12.2 Å². The molecule has 3 rings (SSSR count). The van der Waals surface area contributed by atoms with Gasteiger partial charge in [0, 0.05) is 12.3 Å². The van der Waals surface area contributed by atoms with E-state index in [1.54, 1.807) is 16.3 Å². The van der Waals surface area contributed by atoms with Crippen molar-refractivity contribution in [3.63, 3.8) is 0 Å². The van der Waals surface area contributed by atoms with E-state index in [2.05, 4.69) is 20.6 Å². The number of hydrogen-bond donors (Lipinski definition) is 2. The van der Waals surface area contributed by atoms with E-state index in [1.165, 1.54) is 0 Å². The Balaban J connectivity index is 1.76. The molecule has 1 saturated heterocycles. The van der Waals surface area contributed by atoms with Crippen molar-refractivity contribution < 1.29 is 5.11 Å². The van der Waals surface area contributed by atoms with E-state index in [1.807, 2.05) is 19.1 Å². The molecule has 1 aliphatic heterocycles. The molecule has 0 spiro atoms. The number of thioether (sulfide) groups is 1. The smallest absolute Gasteiger partial charge is 0.178 e. The number of aliphatic hydroxyl groups is 1. The number of nitrogens with one attached hydrogen (secondary N) is 1. The fraction of sp³-hybridized carbons (Fsp3) is 0.545. The van der Waals surface area contributed by atoms with Gasteiger partial charge in [0.15, 0.2) is 11.5 Å². The fourth-order valence-electron chi connectivity index (χ4n) is 1.98. The lowest BCUT2D eigenvalue weighted by molar-refractivity contribution is 0.0819. The summed E-state index contributed by atoms with van der Waals surface area (Å²) in [5.74, 6) is 3.29. The Kier molecular flexibility index (Phi) is 2.87. The Morgan fingerprint density at radius 2 is 2.39 bits per heavy atom. The van der Waals surface area contributed by atoms with E-state index in [4.69, 9.17) is 0 Å². The normalized spacial score (nSPS) is 23.7. The molecule has 1 aliphatic rings. The zero-order valence-electron chi connectivity index (χ0n) is 10.1. The molecule has 2 aromatic rings. The third kappa shape index (κ3) is 2.15. The van der Waals surface area contributed by atoms with Crippen LogP contribution >= 0.6 is 11.8 Å². The quantitative estimate of drug-likeness (QED) is 0.851. The third-order valence-electron chi connectivity index (χ3n) is 3.10. The van der Waals surface area contributed by atoms with Crippen LogP contribution in [0.15, 0.2) is 12.1 Å². The minimum atomic E-state index is -0.608.